The number of hydrogen-bond acceptors (Lipinski definition) is 3. The summed E-state index contributed by atoms with van der Waals surface area (Å²) in [6, 6.07) is 7.66. The lowest BCUT2D eigenvalue weighted by atomic mass is 9.96. The van der Waals surface area contributed by atoms with Gasteiger partial charge in [0.15, 0.2) is 5.78 Å². The highest BCUT2D eigenvalue weighted by atomic mass is 35.5. The first-order chi connectivity index (χ1) is 12.8. The number of benzene rings is 2. The lowest BCUT2D eigenvalue weighted by molar-refractivity contribution is 0.103. The number of aromatic amines is 1. The van der Waals surface area contributed by atoms with Crippen molar-refractivity contribution < 1.29 is 4.79 Å². The first-order valence-electron chi connectivity index (χ1n) is 7.89. The first-order valence-corrected chi connectivity index (χ1v) is 9.40. The Morgan fingerprint density at radius 2 is 1.67 bits per heavy atom. The molecule has 0 bridgehead atoms. The molecule has 1 aromatic heterocycles. The fourth-order valence-electron chi connectivity index (χ4n) is 2.78. The molecule has 1 heterocycles. The van der Waals surface area contributed by atoms with Crippen molar-refractivity contribution in [3.8, 4) is 11.1 Å². The number of ketones is 1. The molecule has 0 aliphatic rings. The highest BCUT2D eigenvalue weighted by molar-refractivity contribution is 6.43. The summed E-state index contributed by atoms with van der Waals surface area (Å²) in [5.74, 6) is -0.379. The van der Waals surface area contributed by atoms with Crippen molar-refractivity contribution in [2.24, 2.45) is 0 Å². The number of carbonyl (C=O) groups excluding carboxylic acids is 1. The van der Waals surface area contributed by atoms with Crippen LogP contribution in [0.25, 0.3) is 11.1 Å². The summed E-state index contributed by atoms with van der Waals surface area (Å²) in [5, 5.41) is 7.28. The van der Waals surface area contributed by atoms with E-state index in [1.807, 2.05) is 6.92 Å². The third kappa shape index (κ3) is 3.90. The molecule has 0 amide bonds. The summed E-state index contributed by atoms with van der Waals surface area (Å²) in [6.07, 6.45) is 1.99. The van der Waals surface area contributed by atoms with Crippen LogP contribution in [0.1, 0.15) is 28.4 Å². The Balaban J connectivity index is 2.17. The zero-order valence-electron chi connectivity index (χ0n) is 13.9. The van der Waals surface area contributed by atoms with Crippen LogP contribution in [-0.4, -0.2) is 16.0 Å². The average Bonchev–Trinajstić information content (AvgIpc) is 2.61. The summed E-state index contributed by atoms with van der Waals surface area (Å²) in [5.41, 5.74) is 1.79. The van der Waals surface area contributed by atoms with E-state index in [-0.39, 0.29) is 27.0 Å². The summed E-state index contributed by atoms with van der Waals surface area (Å²) in [6.45, 7) is 1.85. The van der Waals surface area contributed by atoms with Crippen molar-refractivity contribution in [1.29, 1.82) is 0 Å². The third-order valence-corrected chi connectivity index (χ3v) is 5.21. The molecule has 8 heteroatoms. The van der Waals surface area contributed by atoms with Gasteiger partial charge in [0.05, 0.1) is 21.8 Å². The van der Waals surface area contributed by atoms with Crippen molar-refractivity contribution in [2.45, 2.75) is 13.3 Å². The molecule has 0 aliphatic carbocycles. The van der Waals surface area contributed by atoms with Gasteiger partial charge in [-0.25, -0.2) is 5.10 Å². The number of nitrogens with zero attached hydrogens (tertiary/aromatic N) is 1. The quantitative estimate of drug-likeness (QED) is 0.517. The van der Waals surface area contributed by atoms with Crippen LogP contribution in [0.4, 0.5) is 0 Å². The van der Waals surface area contributed by atoms with Crippen LogP contribution in [0.2, 0.25) is 20.1 Å². The molecular formula is C19H12Cl4N2O2. The van der Waals surface area contributed by atoms with Crippen molar-refractivity contribution >= 4 is 52.2 Å². The van der Waals surface area contributed by atoms with Crippen LogP contribution >= 0.6 is 46.4 Å². The normalized spacial score (nSPS) is 10.9. The summed E-state index contributed by atoms with van der Waals surface area (Å²) in [7, 11) is 0. The van der Waals surface area contributed by atoms with Crippen molar-refractivity contribution in [3.63, 3.8) is 0 Å². The Kier molecular flexibility index (Phi) is 5.92. The van der Waals surface area contributed by atoms with E-state index < -0.39 is 0 Å². The largest absolute Gasteiger partial charge is 0.288 e. The maximum atomic E-state index is 13.0. The molecule has 1 N–H and O–H groups in total. The molecule has 138 valence electrons. The van der Waals surface area contributed by atoms with Gasteiger partial charge in [-0.3, -0.25) is 9.59 Å². The van der Waals surface area contributed by atoms with Crippen LogP contribution in [0, 0.1) is 0 Å². The predicted molar refractivity (Wildman–Crippen MR) is 110 cm³/mol. The van der Waals surface area contributed by atoms with Crippen LogP contribution in [0.5, 0.6) is 0 Å². The van der Waals surface area contributed by atoms with Gasteiger partial charge in [0.1, 0.15) is 0 Å². The number of carbonyl (C=O) groups is 1. The third-order valence-electron chi connectivity index (χ3n) is 4.07. The molecule has 0 aliphatic heterocycles. The fraction of sp³-hybridized carbons (Fsp3) is 0.105. The van der Waals surface area contributed by atoms with E-state index in [0.29, 0.717) is 38.7 Å². The highest BCUT2D eigenvalue weighted by Gasteiger charge is 2.20. The monoisotopic (exact) mass is 440 g/mol. The molecule has 3 aromatic rings. The molecule has 0 saturated carbocycles. The molecule has 0 atom stereocenters. The van der Waals surface area contributed by atoms with Crippen LogP contribution < -0.4 is 5.56 Å². The van der Waals surface area contributed by atoms with Gasteiger partial charge < -0.3 is 0 Å². The Morgan fingerprint density at radius 3 is 2.30 bits per heavy atom. The second-order valence-corrected chi connectivity index (χ2v) is 7.37. The minimum Gasteiger partial charge on any atom is -0.288 e. The van der Waals surface area contributed by atoms with Gasteiger partial charge in [-0.2, -0.15) is 5.10 Å². The smallest absolute Gasteiger partial charge is 0.267 e. The van der Waals surface area contributed by atoms with Gasteiger partial charge >= 0.3 is 0 Å². The summed E-state index contributed by atoms with van der Waals surface area (Å²) >= 11 is 24.6. The van der Waals surface area contributed by atoms with E-state index in [1.54, 1.807) is 18.2 Å². The van der Waals surface area contributed by atoms with Crippen molar-refractivity contribution in [2.75, 3.05) is 0 Å². The second kappa shape index (κ2) is 8.03. The lowest BCUT2D eigenvalue weighted by Gasteiger charge is -2.11. The standard InChI is InChI=1S/C19H12Cl4N2O2/c1-2-11-13(8-24-25-19(11)27)12-5-9(3-4-14(12)21)18(26)17-15(22)6-10(20)7-16(17)23/h3-8H,2H2,1H3,(H,25,27). The molecule has 0 saturated heterocycles. The molecule has 2 aromatic carbocycles. The zero-order chi connectivity index (χ0) is 19.7. The molecule has 4 nitrogen and oxygen atoms in total. The predicted octanol–water partition coefficient (Wildman–Crippen LogP) is 5.84. The number of H-pyrrole nitrogens is 1. The van der Waals surface area contributed by atoms with Crippen molar-refractivity contribution in [1.82, 2.24) is 10.2 Å². The van der Waals surface area contributed by atoms with Crippen LogP contribution in [0.15, 0.2) is 41.3 Å². The Bertz CT molecular complexity index is 1090. The van der Waals surface area contributed by atoms with Gasteiger partial charge in [0, 0.05) is 32.3 Å². The molecule has 0 fully saturated rings. The number of aromatic nitrogens is 2. The molecule has 0 spiro atoms. The van der Waals surface area contributed by atoms with Gasteiger partial charge in [-0.15, -0.1) is 0 Å². The van der Waals surface area contributed by atoms with Gasteiger partial charge in [0.25, 0.3) is 5.56 Å². The number of rotatable bonds is 4. The maximum Gasteiger partial charge on any atom is 0.267 e. The zero-order valence-corrected chi connectivity index (χ0v) is 17.0. The van der Waals surface area contributed by atoms with Crippen LogP contribution in [-0.2, 0) is 6.42 Å². The van der Waals surface area contributed by atoms with Gasteiger partial charge in [0.2, 0.25) is 0 Å². The molecule has 0 unspecified atom stereocenters. The van der Waals surface area contributed by atoms with E-state index in [1.165, 1.54) is 18.3 Å². The lowest BCUT2D eigenvalue weighted by Crippen LogP contribution is -2.14. The minimum atomic E-state index is -0.379. The fourth-order valence-corrected chi connectivity index (χ4v) is 3.99. The van der Waals surface area contributed by atoms with Gasteiger partial charge in [-0.1, -0.05) is 53.3 Å². The van der Waals surface area contributed by atoms with E-state index in [2.05, 4.69) is 10.2 Å². The molecule has 0 radical (unpaired) electrons. The number of hydrogen-bond donors (Lipinski definition) is 1. The molecular weight excluding hydrogens is 430 g/mol. The SMILES string of the molecule is CCc1c(-c2cc(C(=O)c3c(Cl)cc(Cl)cc3Cl)ccc2Cl)cn[nH]c1=O. The molecule has 27 heavy (non-hydrogen) atoms. The van der Waals surface area contributed by atoms with E-state index in [0.717, 1.165) is 0 Å². The number of halogens is 4. The Morgan fingerprint density at radius 1 is 1.00 bits per heavy atom. The molecule has 3 rings (SSSR count). The van der Waals surface area contributed by atoms with Crippen molar-refractivity contribution in [3.05, 3.63) is 83.7 Å². The average molecular weight is 442 g/mol. The first kappa shape index (κ1) is 19.9. The topological polar surface area (TPSA) is 62.8 Å². The second-order valence-electron chi connectivity index (χ2n) is 5.71. The maximum absolute atomic E-state index is 13.0. The summed E-state index contributed by atoms with van der Waals surface area (Å²) in [4.78, 5) is 25.0. The van der Waals surface area contributed by atoms with Gasteiger partial charge in [-0.05, 0) is 36.8 Å². The number of nitrogens with one attached hydrogen (secondary N) is 1. The highest BCUT2D eigenvalue weighted by Crippen LogP contribution is 2.34. The Labute approximate surface area is 175 Å². The van der Waals surface area contributed by atoms with Crippen LogP contribution in [0.3, 0.4) is 0 Å². The van der Waals surface area contributed by atoms with E-state index in [9.17, 15) is 9.59 Å². The van der Waals surface area contributed by atoms with E-state index in [4.69, 9.17) is 46.4 Å². The van der Waals surface area contributed by atoms with E-state index >= 15 is 0 Å². The Hall–Kier alpha value is -1.85. The summed E-state index contributed by atoms with van der Waals surface area (Å²) < 4.78 is 0. The minimum absolute atomic E-state index is 0.149.